The van der Waals surface area contributed by atoms with Gasteiger partial charge in [-0.05, 0) is 31.2 Å². The highest BCUT2D eigenvalue weighted by Crippen LogP contribution is 2.32. The molecule has 2 heterocycles. The number of aromatic nitrogens is 2. The lowest BCUT2D eigenvalue weighted by atomic mass is 10.2. The van der Waals surface area contributed by atoms with Gasteiger partial charge in [0, 0.05) is 24.7 Å². The van der Waals surface area contributed by atoms with Crippen molar-refractivity contribution in [2.24, 2.45) is 0 Å². The lowest BCUT2D eigenvalue weighted by molar-refractivity contribution is -0.116. The maximum absolute atomic E-state index is 12.6. The van der Waals surface area contributed by atoms with E-state index in [4.69, 9.17) is 9.47 Å². The average Bonchev–Trinajstić information content (AvgIpc) is 2.82. The van der Waals surface area contributed by atoms with Gasteiger partial charge in [-0.1, -0.05) is 12.1 Å². The first kappa shape index (κ1) is 17.2. The number of imidazole rings is 1. The number of rotatable bonds is 4. The lowest BCUT2D eigenvalue weighted by Gasteiger charge is -2.10. The van der Waals surface area contributed by atoms with Gasteiger partial charge in [-0.2, -0.15) is 0 Å². The van der Waals surface area contributed by atoms with Gasteiger partial charge in [-0.3, -0.25) is 13.9 Å². The number of carbonyl (C=O) groups is 1. The van der Waals surface area contributed by atoms with Gasteiger partial charge < -0.3 is 14.8 Å². The van der Waals surface area contributed by atoms with Crippen LogP contribution >= 0.6 is 0 Å². The van der Waals surface area contributed by atoms with Crippen LogP contribution in [0.15, 0.2) is 47.3 Å². The first-order chi connectivity index (χ1) is 13.2. The molecule has 0 unspecified atom stereocenters. The zero-order valence-electron chi connectivity index (χ0n) is 15.1. The Balaban J connectivity index is 1.57. The molecule has 3 aromatic rings. The van der Waals surface area contributed by atoms with Crippen LogP contribution in [0.4, 0.5) is 5.69 Å². The first-order valence-electron chi connectivity index (χ1n) is 9.05. The molecule has 0 radical (unpaired) electrons. The summed E-state index contributed by atoms with van der Waals surface area (Å²) < 4.78 is 14.4. The number of ether oxygens (including phenoxy) is 2. The monoisotopic (exact) mass is 367 g/mol. The summed E-state index contributed by atoms with van der Waals surface area (Å²) in [4.78, 5) is 25.2. The molecule has 1 aliphatic rings. The Morgan fingerprint density at radius 1 is 1.04 bits per heavy atom. The second-order valence-corrected chi connectivity index (χ2v) is 6.36. The Kier molecular flexibility index (Phi) is 4.58. The molecule has 2 aromatic carbocycles. The molecule has 1 aromatic heterocycles. The van der Waals surface area contributed by atoms with E-state index in [1.165, 1.54) is 4.57 Å². The van der Waals surface area contributed by atoms with Crippen LogP contribution in [0.25, 0.3) is 11.0 Å². The van der Waals surface area contributed by atoms with Crippen molar-refractivity contribution in [1.82, 2.24) is 9.13 Å². The van der Waals surface area contributed by atoms with Crippen molar-refractivity contribution in [3.05, 3.63) is 52.9 Å². The highest BCUT2D eigenvalue weighted by Gasteiger charge is 2.16. The summed E-state index contributed by atoms with van der Waals surface area (Å²) in [6, 6.07) is 12.8. The molecule has 0 atom stereocenters. The van der Waals surface area contributed by atoms with E-state index in [-0.39, 0.29) is 18.1 Å². The number of para-hydroxylation sites is 2. The van der Waals surface area contributed by atoms with E-state index in [0.29, 0.717) is 36.9 Å². The van der Waals surface area contributed by atoms with Crippen LogP contribution in [0.1, 0.15) is 13.3 Å². The zero-order chi connectivity index (χ0) is 18.8. The minimum absolute atomic E-state index is 0.0548. The molecule has 0 fully saturated rings. The number of amides is 1. The Labute approximate surface area is 156 Å². The summed E-state index contributed by atoms with van der Waals surface area (Å²) >= 11 is 0. The van der Waals surface area contributed by atoms with Crippen molar-refractivity contribution in [3.63, 3.8) is 0 Å². The highest BCUT2D eigenvalue weighted by molar-refractivity contribution is 5.92. The summed E-state index contributed by atoms with van der Waals surface area (Å²) in [5.74, 6) is 1.02. The standard InChI is InChI=1S/C20H21N3O4/c1-2-22-15-6-3-4-7-16(15)23(20(22)25)13-19(24)21-14-8-9-17-18(12-14)27-11-5-10-26-17/h3-4,6-9,12H,2,5,10-11,13H2,1H3,(H,21,24). The van der Waals surface area contributed by atoms with E-state index in [9.17, 15) is 9.59 Å². The van der Waals surface area contributed by atoms with Crippen molar-refractivity contribution in [3.8, 4) is 11.5 Å². The molecule has 7 heteroatoms. The Morgan fingerprint density at radius 3 is 2.48 bits per heavy atom. The predicted molar refractivity (Wildman–Crippen MR) is 103 cm³/mol. The summed E-state index contributed by atoms with van der Waals surface area (Å²) in [6.45, 7) is 3.60. The topological polar surface area (TPSA) is 74.5 Å². The van der Waals surface area contributed by atoms with Crippen molar-refractivity contribution < 1.29 is 14.3 Å². The third kappa shape index (κ3) is 3.28. The normalized spacial score (nSPS) is 13.4. The lowest BCUT2D eigenvalue weighted by Crippen LogP contribution is -2.29. The van der Waals surface area contributed by atoms with Gasteiger partial charge in [0.05, 0.1) is 24.2 Å². The van der Waals surface area contributed by atoms with Crippen LogP contribution in [0.5, 0.6) is 11.5 Å². The van der Waals surface area contributed by atoms with E-state index in [0.717, 1.165) is 17.5 Å². The van der Waals surface area contributed by atoms with Gasteiger partial charge in [-0.25, -0.2) is 4.79 Å². The van der Waals surface area contributed by atoms with Gasteiger partial charge >= 0.3 is 5.69 Å². The molecule has 1 aliphatic heterocycles. The fraction of sp³-hybridized carbons (Fsp3) is 0.300. The van der Waals surface area contributed by atoms with Crippen molar-refractivity contribution in [2.45, 2.75) is 26.4 Å². The number of carbonyl (C=O) groups excluding carboxylic acids is 1. The molecule has 0 aliphatic carbocycles. The molecule has 1 N–H and O–H groups in total. The van der Waals surface area contributed by atoms with Crippen LogP contribution in [0, 0.1) is 0 Å². The van der Waals surface area contributed by atoms with E-state index < -0.39 is 0 Å². The maximum Gasteiger partial charge on any atom is 0.329 e. The summed E-state index contributed by atoms with van der Waals surface area (Å²) in [7, 11) is 0. The van der Waals surface area contributed by atoms with Crippen LogP contribution in [0.3, 0.4) is 0 Å². The third-order valence-corrected chi connectivity index (χ3v) is 4.57. The molecule has 0 bridgehead atoms. The largest absolute Gasteiger partial charge is 0.490 e. The van der Waals surface area contributed by atoms with Crippen LogP contribution in [-0.2, 0) is 17.9 Å². The molecule has 0 saturated carbocycles. The molecule has 0 saturated heterocycles. The van der Waals surface area contributed by atoms with Gasteiger partial charge in [0.2, 0.25) is 5.91 Å². The first-order valence-corrected chi connectivity index (χ1v) is 9.05. The quantitative estimate of drug-likeness (QED) is 0.769. The molecule has 7 nitrogen and oxygen atoms in total. The minimum Gasteiger partial charge on any atom is -0.490 e. The number of aryl methyl sites for hydroxylation is 1. The smallest absolute Gasteiger partial charge is 0.329 e. The molecular weight excluding hydrogens is 346 g/mol. The second-order valence-electron chi connectivity index (χ2n) is 6.36. The van der Waals surface area contributed by atoms with Gasteiger partial charge in [0.25, 0.3) is 0 Å². The van der Waals surface area contributed by atoms with E-state index in [1.807, 2.05) is 31.2 Å². The van der Waals surface area contributed by atoms with Crippen LogP contribution < -0.4 is 20.5 Å². The van der Waals surface area contributed by atoms with Gasteiger partial charge in [-0.15, -0.1) is 0 Å². The number of benzene rings is 2. The van der Waals surface area contributed by atoms with Gasteiger partial charge in [0.1, 0.15) is 6.54 Å². The molecule has 27 heavy (non-hydrogen) atoms. The Bertz CT molecular complexity index is 1050. The van der Waals surface area contributed by atoms with E-state index >= 15 is 0 Å². The maximum atomic E-state index is 12.6. The number of hydrogen-bond donors (Lipinski definition) is 1. The summed E-state index contributed by atoms with van der Waals surface area (Å²) in [5, 5.41) is 2.84. The van der Waals surface area contributed by atoms with Gasteiger partial charge in [0.15, 0.2) is 11.5 Å². The SMILES string of the molecule is CCn1c(=O)n(CC(=O)Nc2ccc3c(c2)OCCCO3)c2ccccc21. The molecule has 0 spiro atoms. The number of nitrogens with one attached hydrogen (secondary N) is 1. The van der Waals surface area contributed by atoms with Crippen molar-refractivity contribution >= 4 is 22.6 Å². The van der Waals surface area contributed by atoms with Crippen LogP contribution in [0.2, 0.25) is 0 Å². The molecule has 4 rings (SSSR count). The molecule has 140 valence electrons. The second kappa shape index (κ2) is 7.19. The number of anilines is 1. The third-order valence-electron chi connectivity index (χ3n) is 4.57. The number of fused-ring (bicyclic) bond motifs is 2. The zero-order valence-corrected chi connectivity index (χ0v) is 15.1. The summed E-state index contributed by atoms with van der Waals surface area (Å²) in [5.41, 5.74) is 2.00. The van der Waals surface area contributed by atoms with E-state index in [2.05, 4.69) is 5.32 Å². The van der Waals surface area contributed by atoms with Crippen molar-refractivity contribution in [1.29, 1.82) is 0 Å². The summed E-state index contributed by atoms with van der Waals surface area (Å²) in [6.07, 6.45) is 0.820. The highest BCUT2D eigenvalue weighted by atomic mass is 16.5. The number of hydrogen-bond acceptors (Lipinski definition) is 4. The minimum atomic E-state index is -0.273. The van der Waals surface area contributed by atoms with Crippen LogP contribution in [-0.4, -0.2) is 28.3 Å². The average molecular weight is 367 g/mol. The predicted octanol–water partition coefficient (Wildman–Crippen LogP) is 2.62. The van der Waals surface area contributed by atoms with E-state index in [1.54, 1.807) is 22.8 Å². The Morgan fingerprint density at radius 2 is 1.74 bits per heavy atom. The fourth-order valence-electron chi connectivity index (χ4n) is 3.32. The number of nitrogens with zero attached hydrogens (tertiary/aromatic N) is 2. The Hall–Kier alpha value is -3.22. The molecule has 1 amide bonds. The molecular formula is C20H21N3O4. The fourth-order valence-corrected chi connectivity index (χ4v) is 3.32. The van der Waals surface area contributed by atoms with Crippen molar-refractivity contribution in [2.75, 3.05) is 18.5 Å².